The average Bonchev–Trinajstić information content (AvgIpc) is 3.28. The molecule has 11 nitrogen and oxygen atoms in total. The monoisotopic (exact) mass is 562 g/mol. The third-order valence-corrected chi connectivity index (χ3v) is 8.87. The van der Waals surface area contributed by atoms with Gasteiger partial charge in [-0.2, -0.15) is 0 Å². The van der Waals surface area contributed by atoms with Gasteiger partial charge in [-0.15, -0.1) is 0 Å². The number of aromatic nitrogens is 3. The molecule has 1 N–H and O–H groups in total. The zero-order chi connectivity index (χ0) is 28.3. The van der Waals surface area contributed by atoms with Gasteiger partial charge in [0, 0.05) is 44.4 Å². The predicted octanol–water partition coefficient (Wildman–Crippen LogP) is 4.00. The van der Waals surface area contributed by atoms with Gasteiger partial charge in [0.15, 0.2) is 0 Å². The Hall–Kier alpha value is -4.16. The summed E-state index contributed by atoms with van der Waals surface area (Å²) < 4.78 is 31.2. The first-order chi connectivity index (χ1) is 19.2. The van der Waals surface area contributed by atoms with E-state index in [9.17, 15) is 23.3 Å². The summed E-state index contributed by atoms with van der Waals surface area (Å²) in [6.07, 6.45) is 5.15. The molecule has 1 atom stereocenters. The van der Waals surface area contributed by atoms with Crippen molar-refractivity contribution in [1.82, 2.24) is 24.2 Å². The molecule has 5 rings (SSSR count). The molecule has 4 aromatic rings. The minimum atomic E-state index is -4.04. The van der Waals surface area contributed by atoms with Gasteiger partial charge in [-0.25, -0.2) is 18.1 Å². The second kappa shape index (κ2) is 11.5. The van der Waals surface area contributed by atoms with Crippen LogP contribution in [0.3, 0.4) is 0 Å². The maximum atomic E-state index is 13.4. The van der Waals surface area contributed by atoms with Crippen molar-refractivity contribution in [3.8, 4) is 0 Å². The molecule has 1 fully saturated rings. The Balaban J connectivity index is 1.25. The topological polar surface area (TPSA) is 140 Å². The zero-order valence-corrected chi connectivity index (χ0v) is 22.8. The summed E-state index contributed by atoms with van der Waals surface area (Å²) in [6, 6.07) is 14.8. The van der Waals surface area contributed by atoms with Crippen molar-refractivity contribution in [3.05, 3.63) is 94.6 Å². The van der Waals surface area contributed by atoms with E-state index in [1.165, 1.54) is 12.1 Å². The van der Waals surface area contributed by atoms with E-state index in [0.717, 1.165) is 48.4 Å². The Bertz CT molecular complexity index is 1610. The second-order valence-electron chi connectivity index (χ2n) is 10.00. The summed E-state index contributed by atoms with van der Waals surface area (Å²) in [5, 5.41) is 11.0. The van der Waals surface area contributed by atoms with Gasteiger partial charge in [-0.05, 0) is 49.4 Å². The lowest BCUT2D eigenvalue weighted by Gasteiger charge is -2.33. The summed E-state index contributed by atoms with van der Waals surface area (Å²) in [6.45, 7) is 3.98. The van der Waals surface area contributed by atoms with Crippen molar-refractivity contribution in [2.45, 2.75) is 43.7 Å². The van der Waals surface area contributed by atoms with Gasteiger partial charge < -0.3 is 9.47 Å². The largest absolute Gasteiger partial charge is 0.343 e. The Kier molecular flexibility index (Phi) is 7.90. The third-order valence-electron chi connectivity index (χ3n) is 7.39. The number of imidazole rings is 1. The highest BCUT2D eigenvalue weighted by Crippen LogP contribution is 2.26. The minimum absolute atomic E-state index is 0.0425. The van der Waals surface area contributed by atoms with E-state index < -0.39 is 21.0 Å². The van der Waals surface area contributed by atoms with Crippen LogP contribution in [0.4, 0.5) is 5.69 Å². The number of nitrogens with one attached hydrogen (secondary N) is 1. The number of piperidine rings is 1. The number of aryl methyl sites for hydroxylation is 1. The lowest BCUT2D eigenvalue weighted by Crippen LogP contribution is -2.41. The molecule has 0 spiro atoms. The second-order valence-corrected chi connectivity index (χ2v) is 11.7. The van der Waals surface area contributed by atoms with Gasteiger partial charge in [0.1, 0.15) is 11.3 Å². The number of carbonyl (C=O) groups is 1. The molecule has 2 aromatic heterocycles. The lowest BCUT2D eigenvalue weighted by molar-refractivity contribution is -0.384. The number of likely N-dealkylation sites (tertiary alicyclic amines) is 1. The quantitative estimate of drug-likeness (QED) is 0.240. The number of amides is 1. The number of benzene rings is 2. The highest BCUT2D eigenvalue weighted by molar-refractivity contribution is 7.89. The van der Waals surface area contributed by atoms with E-state index in [4.69, 9.17) is 0 Å². The number of fused-ring (bicyclic) bond motifs is 1. The van der Waals surface area contributed by atoms with Crippen molar-refractivity contribution in [2.75, 3.05) is 13.1 Å². The molecular weight excluding hydrogens is 532 g/mol. The fourth-order valence-corrected chi connectivity index (χ4v) is 6.40. The standard InChI is InChI=1S/C28H30N6O5S/c1-20-30-26-18-29-14-11-27(26)33(20)19-21-12-15-32(16-13-21)28(35)17-25(22-5-3-2-4-6-22)31-40(38,39)24-9-7-23(8-10-24)34(36)37/h2-11,14,18,21,25,31H,12-13,15-17,19H2,1H3. The van der Waals surface area contributed by atoms with Gasteiger partial charge >= 0.3 is 0 Å². The van der Waals surface area contributed by atoms with Gasteiger partial charge in [0.05, 0.1) is 27.6 Å². The number of carbonyl (C=O) groups excluding carboxylic acids is 1. The van der Waals surface area contributed by atoms with Crippen LogP contribution in [0.1, 0.15) is 36.7 Å². The van der Waals surface area contributed by atoms with E-state index in [-0.39, 0.29) is 22.9 Å². The maximum Gasteiger partial charge on any atom is 0.269 e. The number of non-ortho nitro benzene ring substituents is 1. The fraction of sp³-hybridized carbons (Fsp3) is 0.321. The molecule has 12 heteroatoms. The SMILES string of the molecule is Cc1nc2cnccc2n1CC1CCN(C(=O)CC(NS(=O)(=O)c2ccc([N+](=O)[O-])cc2)c2ccccc2)CC1. The Labute approximate surface area is 232 Å². The van der Waals surface area contributed by atoms with Crippen LogP contribution in [-0.4, -0.2) is 51.8 Å². The molecule has 1 aliphatic heterocycles. The van der Waals surface area contributed by atoms with Gasteiger partial charge in [-0.3, -0.25) is 19.9 Å². The molecule has 0 bridgehead atoms. The molecule has 1 saturated heterocycles. The molecule has 1 unspecified atom stereocenters. The number of nitrogens with zero attached hydrogens (tertiary/aromatic N) is 5. The van der Waals surface area contributed by atoms with E-state index in [2.05, 4.69) is 19.3 Å². The lowest BCUT2D eigenvalue weighted by atomic mass is 9.95. The Morgan fingerprint density at radius 1 is 1.10 bits per heavy atom. The van der Waals surface area contributed by atoms with E-state index >= 15 is 0 Å². The molecule has 40 heavy (non-hydrogen) atoms. The number of hydrogen-bond donors (Lipinski definition) is 1. The predicted molar refractivity (Wildman–Crippen MR) is 149 cm³/mol. The van der Waals surface area contributed by atoms with Crippen LogP contribution < -0.4 is 4.72 Å². The van der Waals surface area contributed by atoms with E-state index in [1.54, 1.807) is 41.6 Å². The fourth-order valence-electron chi connectivity index (χ4n) is 5.17. The normalized spacial score (nSPS) is 15.3. The highest BCUT2D eigenvalue weighted by Gasteiger charge is 2.29. The van der Waals surface area contributed by atoms with Gasteiger partial charge in [-0.1, -0.05) is 30.3 Å². The summed E-state index contributed by atoms with van der Waals surface area (Å²) >= 11 is 0. The van der Waals surface area contributed by atoms with Gasteiger partial charge in [0.2, 0.25) is 15.9 Å². The van der Waals surface area contributed by atoms with Crippen LogP contribution in [0.15, 0.2) is 78.0 Å². The number of nitro groups is 1. The number of sulfonamides is 1. The summed E-state index contributed by atoms with van der Waals surface area (Å²) in [4.78, 5) is 34.2. The molecule has 2 aromatic carbocycles. The zero-order valence-electron chi connectivity index (χ0n) is 22.0. The van der Waals surface area contributed by atoms with Crippen LogP contribution in [0.25, 0.3) is 11.0 Å². The number of rotatable bonds is 9. The third kappa shape index (κ3) is 6.02. The molecule has 3 heterocycles. The van der Waals surface area contributed by atoms with Crippen molar-refractivity contribution in [2.24, 2.45) is 5.92 Å². The van der Waals surface area contributed by atoms with Crippen LogP contribution in [0, 0.1) is 23.0 Å². The molecule has 208 valence electrons. The van der Waals surface area contributed by atoms with E-state index in [1.807, 2.05) is 19.1 Å². The number of nitro benzene ring substituents is 1. The molecular formula is C28H30N6O5S. The van der Waals surface area contributed by atoms with Crippen LogP contribution >= 0.6 is 0 Å². The molecule has 1 aliphatic rings. The maximum absolute atomic E-state index is 13.4. The van der Waals surface area contributed by atoms with Crippen molar-refractivity contribution >= 4 is 32.7 Å². The highest BCUT2D eigenvalue weighted by atomic mass is 32.2. The summed E-state index contributed by atoms with van der Waals surface area (Å²) in [5.41, 5.74) is 2.38. The summed E-state index contributed by atoms with van der Waals surface area (Å²) in [7, 11) is -4.04. The number of hydrogen-bond acceptors (Lipinski definition) is 7. The summed E-state index contributed by atoms with van der Waals surface area (Å²) in [5.74, 6) is 1.19. The van der Waals surface area contributed by atoms with Crippen LogP contribution in [0.2, 0.25) is 0 Å². The van der Waals surface area contributed by atoms with Crippen LogP contribution in [0.5, 0.6) is 0 Å². The first kappa shape index (κ1) is 27.4. The first-order valence-corrected chi connectivity index (χ1v) is 14.6. The Morgan fingerprint density at radius 3 is 2.48 bits per heavy atom. The molecule has 0 saturated carbocycles. The van der Waals surface area contributed by atoms with Crippen molar-refractivity contribution in [1.29, 1.82) is 0 Å². The average molecular weight is 563 g/mol. The molecule has 1 amide bonds. The first-order valence-electron chi connectivity index (χ1n) is 13.1. The molecule has 0 radical (unpaired) electrons. The van der Waals surface area contributed by atoms with Crippen molar-refractivity contribution < 1.29 is 18.1 Å². The van der Waals surface area contributed by atoms with Gasteiger partial charge in [0.25, 0.3) is 5.69 Å². The van der Waals surface area contributed by atoms with Crippen molar-refractivity contribution in [3.63, 3.8) is 0 Å². The molecule has 0 aliphatic carbocycles. The van der Waals surface area contributed by atoms with E-state index in [0.29, 0.717) is 24.6 Å². The smallest absolute Gasteiger partial charge is 0.269 e. The minimum Gasteiger partial charge on any atom is -0.343 e. The number of pyridine rings is 1. The Morgan fingerprint density at radius 2 is 1.80 bits per heavy atom. The van der Waals surface area contributed by atoms with Crippen LogP contribution in [-0.2, 0) is 21.4 Å².